The number of benzene rings is 1. The van der Waals surface area contributed by atoms with Gasteiger partial charge in [-0.05, 0) is 32.0 Å². The van der Waals surface area contributed by atoms with Crippen LogP contribution < -0.4 is 11.1 Å². The van der Waals surface area contributed by atoms with Crippen molar-refractivity contribution in [3.8, 4) is 11.5 Å². The van der Waals surface area contributed by atoms with Gasteiger partial charge in [-0.1, -0.05) is 0 Å². The second kappa shape index (κ2) is 5.70. The minimum absolute atomic E-state index is 0.152. The molecule has 7 heteroatoms. The minimum Gasteiger partial charge on any atom is -0.478 e. The molecule has 2 aromatic rings. The Morgan fingerprint density at radius 1 is 1.45 bits per heavy atom. The molecule has 0 saturated carbocycles. The number of nitrogens with one attached hydrogen (secondary N) is 1. The number of aromatic carboxylic acids is 1. The molecular formula is C13H16N4O3. The van der Waals surface area contributed by atoms with Gasteiger partial charge in [0.05, 0.1) is 11.6 Å². The number of nitrogens with zero attached hydrogens (tertiary/aromatic N) is 2. The maximum Gasteiger partial charge on any atom is 0.335 e. The Hall–Kier alpha value is -2.41. The van der Waals surface area contributed by atoms with E-state index in [1.807, 2.05) is 6.92 Å². The monoisotopic (exact) mass is 276 g/mol. The second-order valence-electron chi connectivity index (χ2n) is 4.37. The molecule has 0 bridgehead atoms. The van der Waals surface area contributed by atoms with Crippen molar-refractivity contribution in [2.24, 2.45) is 5.73 Å². The largest absolute Gasteiger partial charge is 0.478 e. The summed E-state index contributed by atoms with van der Waals surface area (Å²) in [6.07, 6.45) is 0. The van der Waals surface area contributed by atoms with E-state index in [0.29, 0.717) is 23.7 Å². The highest BCUT2D eigenvalue weighted by Crippen LogP contribution is 2.25. The van der Waals surface area contributed by atoms with Crippen LogP contribution in [0.2, 0.25) is 0 Å². The maximum absolute atomic E-state index is 11.1. The smallest absolute Gasteiger partial charge is 0.335 e. The fourth-order valence-electron chi connectivity index (χ4n) is 1.72. The standard InChI is InChI=1S/C13H16N4O3/c1-3-15-10-5-8(4-9(6-10)13(18)19)12-17-16-11(20-12)7(2)14/h4-7,15H,3,14H2,1-2H3,(H,18,19). The van der Waals surface area contributed by atoms with Gasteiger partial charge in [0.15, 0.2) is 0 Å². The number of anilines is 1. The Kier molecular flexibility index (Phi) is 3.99. The fraction of sp³-hybridized carbons (Fsp3) is 0.308. The van der Waals surface area contributed by atoms with E-state index in [2.05, 4.69) is 15.5 Å². The van der Waals surface area contributed by atoms with Crippen LogP contribution in [-0.2, 0) is 0 Å². The van der Waals surface area contributed by atoms with Crippen LogP contribution in [0.4, 0.5) is 5.69 Å². The minimum atomic E-state index is -1.02. The first-order valence-electron chi connectivity index (χ1n) is 6.23. The maximum atomic E-state index is 11.1. The van der Waals surface area contributed by atoms with Gasteiger partial charge in [-0.2, -0.15) is 0 Å². The Morgan fingerprint density at radius 3 is 2.75 bits per heavy atom. The first kappa shape index (κ1) is 14.0. The molecule has 0 fully saturated rings. The predicted molar refractivity (Wildman–Crippen MR) is 73.5 cm³/mol. The van der Waals surface area contributed by atoms with Gasteiger partial charge in [-0.3, -0.25) is 0 Å². The molecule has 1 atom stereocenters. The average molecular weight is 276 g/mol. The fourth-order valence-corrected chi connectivity index (χ4v) is 1.72. The predicted octanol–water partition coefficient (Wildman–Crippen LogP) is 1.89. The molecule has 0 aliphatic rings. The summed E-state index contributed by atoms with van der Waals surface area (Å²) in [5, 5.41) is 19.9. The van der Waals surface area contributed by atoms with Crippen LogP contribution in [0, 0.1) is 0 Å². The molecule has 0 aliphatic carbocycles. The summed E-state index contributed by atoms with van der Waals surface area (Å²) in [5.74, 6) is -0.455. The molecule has 0 aliphatic heterocycles. The Morgan fingerprint density at radius 2 is 2.20 bits per heavy atom. The van der Waals surface area contributed by atoms with E-state index in [4.69, 9.17) is 15.3 Å². The molecule has 4 N–H and O–H groups in total. The number of rotatable bonds is 5. The molecule has 106 valence electrons. The molecule has 0 saturated heterocycles. The van der Waals surface area contributed by atoms with Gasteiger partial charge in [0.25, 0.3) is 0 Å². The number of carbonyl (C=O) groups is 1. The Labute approximate surface area is 115 Å². The van der Waals surface area contributed by atoms with Crippen molar-refractivity contribution in [1.29, 1.82) is 0 Å². The highest BCUT2D eigenvalue weighted by atomic mass is 16.4. The van der Waals surface area contributed by atoms with E-state index >= 15 is 0 Å². The highest BCUT2D eigenvalue weighted by Gasteiger charge is 2.14. The lowest BCUT2D eigenvalue weighted by Gasteiger charge is -2.06. The third kappa shape index (κ3) is 2.94. The molecule has 1 aromatic heterocycles. The number of hydrogen-bond donors (Lipinski definition) is 3. The van der Waals surface area contributed by atoms with Crippen LogP contribution in [-0.4, -0.2) is 27.8 Å². The number of carboxylic acid groups (broad SMARTS) is 1. The van der Waals surface area contributed by atoms with Gasteiger partial charge in [0.2, 0.25) is 11.8 Å². The van der Waals surface area contributed by atoms with Gasteiger partial charge in [-0.15, -0.1) is 10.2 Å². The molecule has 7 nitrogen and oxygen atoms in total. The normalized spacial score (nSPS) is 12.2. The van der Waals surface area contributed by atoms with Crippen LogP contribution in [0.15, 0.2) is 22.6 Å². The second-order valence-corrected chi connectivity index (χ2v) is 4.37. The van der Waals surface area contributed by atoms with Crippen molar-refractivity contribution in [3.05, 3.63) is 29.7 Å². The van der Waals surface area contributed by atoms with Crippen LogP contribution in [0.1, 0.15) is 36.1 Å². The summed E-state index contributed by atoms with van der Waals surface area (Å²) in [6.45, 7) is 4.33. The number of carboxylic acids is 1. The Bertz CT molecular complexity index is 622. The van der Waals surface area contributed by atoms with E-state index in [1.165, 1.54) is 6.07 Å². The number of hydrogen-bond acceptors (Lipinski definition) is 6. The van der Waals surface area contributed by atoms with Gasteiger partial charge >= 0.3 is 5.97 Å². The SMILES string of the molecule is CCNc1cc(C(=O)O)cc(-c2nnc(C(C)N)o2)c1. The first-order chi connectivity index (χ1) is 9.51. The van der Waals surface area contributed by atoms with E-state index in [1.54, 1.807) is 19.1 Å². The first-order valence-corrected chi connectivity index (χ1v) is 6.23. The number of aromatic nitrogens is 2. The van der Waals surface area contributed by atoms with Crippen molar-refractivity contribution in [2.45, 2.75) is 19.9 Å². The van der Waals surface area contributed by atoms with Crippen molar-refractivity contribution < 1.29 is 14.3 Å². The summed E-state index contributed by atoms with van der Waals surface area (Å²) < 4.78 is 5.43. The molecule has 1 heterocycles. The third-order valence-corrected chi connectivity index (χ3v) is 2.64. The summed E-state index contributed by atoms with van der Waals surface area (Å²) in [4.78, 5) is 11.1. The third-order valence-electron chi connectivity index (χ3n) is 2.64. The lowest BCUT2D eigenvalue weighted by Crippen LogP contribution is -2.04. The molecule has 20 heavy (non-hydrogen) atoms. The molecule has 0 amide bonds. The van der Waals surface area contributed by atoms with Crippen LogP contribution in [0.25, 0.3) is 11.5 Å². The van der Waals surface area contributed by atoms with Crippen molar-refractivity contribution >= 4 is 11.7 Å². The molecule has 0 spiro atoms. The van der Waals surface area contributed by atoms with Crippen molar-refractivity contribution in [1.82, 2.24) is 10.2 Å². The van der Waals surface area contributed by atoms with Crippen LogP contribution >= 0.6 is 0 Å². The zero-order valence-electron chi connectivity index (χ0n) is 11.3. The lowest BCUT2D eigenvalue weighted by atomic mass is 10.1. The van der Waals surface area contributed by atoms with E-state index in [-0.39, 0.29) is 17.5 Å². The number of nitrogens with two attached hydrogens (primary N) is 1. The quantitative estimate of drug-likeness (QED) is 0.763. The van der Waals surface area contributed by atoms with Crippen LogP contribution in [0.5, 0.6) is 0 Å². The average Bonchev–Trinajstić information content (AvgIpc) is 2.88. The van der Waals surface area contributed by atoms with Crippen molar-refractivity contribution in [2.75, 3.05) is 11.9 Å². The van der Waals surface area contributed by atoms with Gasteiger partial charge in [0, 0.05) is 17.8 Å². The van der Waals surface area contributed by atoms with Crippen molar-refractivity contribution in [3.63, 3.8) is 0 Å². The molecule has 1 unspecified atom stereocenters. The molecule has 1 aromatic carbocycles. The summed E-state index contributed by atoms with van der Waals surface area (Å²) in [6, 6.07) is 4.43. The highest BCUT2D eigenvalue weighted by molar-refractivity contribution is 5.90. The van der Waals surface area contributed by atoms with Gasteiger partial charge in [-0.25, -0.2) is 4.79 Å². The topological polar surface area (TPSA) is 114 Å². The summed E-state index contributed by atoms with van der Waals surface area (Å²) >= 11 is 0. The molecule has 0 radical (unpaired) electrons. The van der Waals surface area contributed by atoms with Crippen LogP contribution in [0.3, 0.4) is 0 Å². The zero-order valence-corrected chi connectivity index (χ0v) is 11.3. The summed E-state index contributed by atoms with van der Waals surface area (Å²) in [7, 11) is 0. The van der Waals surface area contributed by atoms with E-state index in [9.17, 15) is 4.79 Å². The summed E-state index contributed by atoms with van der Waals surface area (Å²) in [5.41, 5.74) is 7.04. The van der Waals surface area contributed by atoms with E-state index in [0.717, 1.165) is 0 Å². The van der Waals surface area contributed by atoms with Gasteiger partial charge in [0.1, 0.15) is 0 Å². The molecule has 2 rings (SSSR count). The zero-order chi connectivity index (χ0) is 14.7. The lowest BCUT2D eigenvalue weighted by molar-refractivity contribution is 0.0697. The van der Waals surface area contributed by atoms with Gasteiger partial charge < -0.3 is 20.6 Å². The molecular weight excluding hydrogens is 260 g/mol. The Balaban J connectivity index is 2.45. The van der Waals surface area contributed by atoms with E-state index < -0.39 is 5.97 Å².